The van der Waals surface area contributed by atoms with Crippen molar-refractivity contribution < 1.29 is 4.79 Å². The summed E-state index contributed by atoms with van der Waals surface area (Å²) in [5.41, 5.74) is 2.42. The highest BCUT2D eigenvalue weighted by Crippen LogP contribution is 2.32. The van der Waals surface area contributed by atoms with Crippen molar-refractivity contribution in [3.63, 3.8) is 0 Å². The van der Waals surface area contributed by atoms with Gasteiger partial charge in [0.15, 0.2) is 6.29 Å². The first-order valence-corrected chi connectivity index (χ1v) is 6.90. The predicted octanol–water partition coefficient (Wildman–Crippen LogP) is 2.73. The molecule has 0 radical (unpaired) electrons. The van der Waals surface area contributed by atoms with Crippen molar-refractivity contribution in [3.8, 4) is 0 Å². The van der Waals surface area contributed by atoms with Crippen LogP contribution in [0.25, 0.3) is 0 Å². The Morgan fingerprint density at radius 2 is 2.20 bits per heavy atom. The summed E-state index contributed by atoms with van der Waals surface area (Å²) in [6, 6.07) is 3.77. The minimum absolute atomic E-state index is 0.650. The van der Waals surface area contributed by atoms with E-state index in [1.54, 1.807) is 13.2 Å². The lowest BCUT2D eigenvalue weighted by Crippen LogP contribution is -1.98. The minimum Gasteiger partial charge on any atom is -0.373 e. The largest absolute Gasteiger partial charge is 0.373 e. The average Bonchev–Trinajstić information content (AvgIpc) is 2.75. The lowest BCUT2D eigenvalue weighted by atomic mass is 10.3. The van der Waals surface area contributed by atoms with E-state index in [-0.39, 0.29) is 0 Å². The second-order valence-corrected chi connectivity index (χ2v) is 5.42. The number of anilines is 1. The number of carbonyl (C=O) groups is 1. The van der Waals surface area contributed by atoms with Gasteiger partial charge >= 0.3 is 0 Å². The van der Waals surface area contributed by atoms with Crippen LogP contribution in [0.2, 0.25) is 0 Å². The maximum absolute atomic E-state index is 10.9. The molecule has 0 fully saturated rings. The van der Waals surface area contributed by atoms with Crippen LogP contribution in [0.1, 0.15) is 21.7 Å². The van der Waals surface area contributed by atoms with Crippen LogP contribution in [0.3, 0.4) is 0 Å². The average molecular weight is 288 g/mol. The molecule has 0 atom stereocenters. The summed E-state index contributed by atoms with van der Waals surface area (Å²) in [5.74, 6) is 0.683. The minimum atomic E-state index is 0.650. The fourth-order valence-corrected chi connectivity index (χ4v) is 2.88. The number of hydrogen-bond acceptors (Lipinski definition) is 5. The molecule has 0 aliphatic heterocycles. The van der Waals surface area contributed by atoms with Crippen LogP contribution in [0.15, 0.2) is 28.1 Å². The molecule has 0 spiro atoms. The Morgan fingerprint density at radius 1 is 1.45 bits per heavy atom. The van der Waals surface area contributed by atoms with Gasteiger partial charge in [0.05, 0.1) is 5.69 Å². The molecule has 0 bridgehead atoms. The van der Waals surface area contributed by atoms with Gasteiger partial charge in [-0.3, -0.25) is 4.79 Å². The zero-order valence-corrected chi connectivity index (χ0v) is 12.4. The van der Waals surface area contributed by atoms with E-state index in [9.17, 15) is 4.79 Å². The van der Waals surface area contributed by atoms with Gasteiger partial charge in [-0.15, -0.1) is 0 Å². The van der Waals surface area contributed by atoms with Crippen molar-refractivity contribution in [2.75, 3.05) is 12.4 Å². The van der Waals surface area contributed by atoms with Crippen LogP contribution >= 0.6 is 11.8 Å². The number of pyridine rings is 1. The molecular formula is C14H16N4OS. The first-order chi connectivity index (χ1) is 9.60. The molecule has 2 heterocycles. The van der Waals surface area contributed by atoms with E-state index in [2.05, 4.69) is 10.3 Å². The van der Waals surface area contributed by atoms with Crippen molar-refractivity contribution >= 4 is 30.1 Å². The van der Waals surface area contributed by atoms with Crippen LogP contribution < -0.4 is 5.32 Å². The number of rotatable bonds is 5. The zero-order valence-electron chi connectivity index (χ0n) is 11.6. The number of aromatic nitrogens is 2. The van der Waals surface area contributed by atoms with Gasteiger partial charge in [0.25, 0.3) is 0 Å². The molecule has 0 aliphatic carbocycles. The summed E-state index contributed by atoms with van der Waals surface area (Å²) in [4.78, 5) is 17.2. The lowest BCUT2D eigenvalue weighted by Gasteiger charge is -2.07. The van der Waals surface area contributed by atoms with E-state index in [0.29, 0.717) is 11.5 Å². The SMILES string of the molecule is CNc1ncc(Sc2cc(C=O)n(C)c2C)cc1C=N. The highest BCUT2D eigenvalue weighted by molar-refractivity contribution is 7.99. The molecule has 0 unspecified atom stereocenters. The third-order valence-electron chi connectivity index (χ3n) is 3.16. The molecule has 0 amide bonds. The van der Waals surface area contributed by atoms with Crippen molar-refractivity contribution in [1.29, 1.82) is 5.41 Å². The maximum atomic E-state index is 10.9. The molecule has 2 N–H and O–H groups in total. The Balaban J connectivity index is 2.35. The Hall–Kier alpha value is -2.08. The van der Waals surface area contributed by atoms with Gasteiger partial charge in [-0.05, 0) is 19.1 Å². The molecular weight excluding hydrogens is 272 g/mol. The second kappa shape index (κ2) is 5.92. The Morgan fingerprint density at radius 3 is 2.75 bits per heavy atom. The molecule has 5 nitrogen and oxygen atoms in total. The van der Waals surface area contributed by atoms with Gasteiger partial charge in [-0.25, -0.2) is 4.98 Å². The fraction of sp³-hybridized carbons (Fsp3) is 0.214. The van der Waals surface area contributed by atoms with Crippen molar-refractivity contribution in [1.82, 2.24) is 9.55 Å². The highest BCUT2D eigenvalue weighted by Gasteiger charge is 2.11. The molecule has 0 aromatic carbocycles. The molecule has 2 aromatic rings. The standard InChI is InChI=1S/C14H16N4OS/c1-9-13(5-11(8-19)18(9)3)20-12-4-10(6-15)14(16-2)17-7-12/h4-8,15H,1-3H3,(H,16,17). The third kappa shape index (κ3) is 2.60. The van der Waals surface area contributed by atoms with Crippen LogP contribution in [0, 0.1) is 12.3 Å². The summed E-state index contributed by atoms with van der Waals surface area (Å²) >= 11 is 1.54. The summed E-state index contributed by atoms with van der Waals surface area (Å²) < 4.78 is 1.86. The first-order valence-electron chi connectivity index (χ1n) is 6.08. The molecule has 2 rings (SSSR count). The number of nitrogens with zero attached hydrogens (tertiary/aromatic N) is 2. The normalized spacial score (nSPS) is 10.3. The number of aldehydes is 1. The maximum Gasteiger partial charge on any atom is 0.166 e. The molecule has 6 heteroatoms. The zero-order chi connectivity index (χ0) is 14.7. The van der Waals surface area contributed by atoms with Crippen molar-refractivity contribution in [2.45, 2.75) is 16.7 Å². The van der Waals surface area contributed by atoms with Gasteiger partial charge in [0.1, 0.15) is 5.82 Å². The van der Waals surface area contributed by atoms with Crippen molar-refractivity contribution in [3.05, 3.63) is 35.3 Å². The van der Waals surface area contributed by atoms with Gasteiger partial charge in [-0.1, -0.05) is 11.8 Å². The summed E-state index contributed by atoms with van der Waals surface area (Å²) in [6.07, 6.45) is 3.89. The summed E-state index contributed by atoms with van der Waals surface area (Å²) in [5, 5.41) is 10.4. The van der Waals surface area contributed by atoms with E-state index in [1.807, 2.05) is 30.7 Å². The van der Waals surface area contributed by atoms with E-state index in [4.69, 9.17) is 5.41 Å². The summed E-state index contributed by atoms with van der Waals surface area (Å²) in [7, 11) is 3.65. The topological polar surface area (TPSA) is 70.8 Å². The van der Waals surface area contributed by atoms with Crippen LogP contribution in [-0.2, 0) is 7.05 Å². The number of hydrogen-bond donors (Lipinski definition) is 2. The Labute approximate surface area is 121 Å². The molecule has 2 aromatic heterocycles. The smallest absolute Gasteiger partial charge is 0.166 e. The highest BCUT2D eigenvalue weighted by atomic mass is 32.2. The Bertz CT molecular complexity index is 663. The van der Waals surface area contributed by atoms with Gasteiger partial charge in [0, 0.05) is 47.6 Å². The van der Waals surface area contributed by atoms with Gasteiger partial charge in [-0.2, -0.15) is 0 Å². The van der Waals surface area contributed by atoms with Crippen molar-refractivity contribution in [2.24, 2.45) is 7.05 Å². The van der Waals surface area contributed by atoms with E-state index in [1.165, 1.54) is 18.0 Å². The van der Waals surface area contributed by atoms with E-state index in [0.717, 1.165) is 27.3 Å². The number of nitrogens with one attached hydrogen (secondary N) is 2. The monoisotopic (exact) mass is 288 g/mol. The number of carbonyl (C=O) groups excluding carboxylic acids is 1. The van der Waals surface area contributed by atoms with Crippen LogP contribution in [0.5, 0.6) is 0 Å². The predicted molar refractivity (Wildman–Crippen MR) is 81.3 cm³/mol. The van der Waals surface area contributed by atoms with Gasteiger partial charge in [0.2, 0.25) is 0 Å². The van der Waals surface area contributed by atoms with Crippen LogP contribution in [-0.4, -0.2) is 29.1 Å². The second-order valence-electron chi connectivity index (χ2n) is 4.30. The van der Waals surface area contributed by atoms with Crippen LogP contribution in [0.4, 0.5) is 5.82 Å². The lowest BCUT2D eigenvalue weighted by molar-refractivity contribution is 0.111. The summed E-state index contributed by atoms with van der Waals surface area (Å²) in [6.45, 7) is 1.97. The van der Waals surface area contributed by atoms with E-state index >= 15 is 0 Å². The molecule has 20 heavy (non-hydrogen) atoms. The van der Waals surface area contributed by atoms with Gasteiger partial charge < -0.3 is 15.3 Å². The molecule has 0 aliphatic rings. The van der Waals surface area contributed by atoms with E-state index < -0.39 is 0 Å². The first kappa shape index (κ1) is 14.3. The quantitative estimate of drug-likeness (QED) is 0.655. The molecule has 0 saturated carbocycles. The Kier molecular flexibility index (Phi) is 4.24. The third-order valence-corrected chi connectivity index (χ3v) is 4.25. The fourth-order valence-electron chi connectivity index (χ4n) is 1.87. The molecule has 104 valence electrons. The molecule has 0 saturated heterocycles.